The first-order valence-electron chi connectivity index (χ1n) is 20.0. The topological polar surface area (TPSA) is 109 Å². The standard InChI is InChI=1S/C33H38N4O3.C13H15ClN2O/c1-24(34-2)3-9-31(23-39)37-21-29-17-25(8-12-32(29)33(37)40)4-5-28-19-35(20-28)18-26-13-15-36(16-14-26)30-10-6-27(22-38)7-11-30;1-16-6-4-11(5-7-16)17-12-3-2-10(9-15)13(14)8-12/h6-8,10-12,17,22-23,26,28,31,34H,1,3,9,13-16,18-21H2,2H3;2-3,8,11H,4-7H2,1H3. The Morgan fingerprint density at radius 2 is 1.75 bits per heavy atom. The Hall–Kier alpha value is -5.13. The van der Waals surface area contributed by atoms with Crippen LogP contribution in [-0.2, 0) is 11.3 Å². The maximum atomic E-state index is 12.9. The smallest absolute Gasteiger partial charge is 0.255 e. The predicted molar refractivity (Wildman–Crippen MR) is 224 cm³/mol. The second-order valence-electron chi connectivity index (χ2n) is 15.6. The van der Waals surface area contributed by atoms with E-state index in [1.54, 1.807) is 17.0 Å². The average Bonchev–Trinajstić information content (AvgIpc) is 3.55. The van der Waals surface area contributed by atoms with Crippen LogP contribution < -0.4 is 15.0 Å². The summed E-state index contributed by atoms with van der Waals surface area (Å²) in [6.07, 6.45) is 7.66. The van der Waals surface area contributed by atoms with Crippen molar-refractivity contribution in [3.63, 3.8) is 0 Å². The lowest BCUT2D eigenvalue weighted by atomic mass is 9.92. The van der Waals surface area contributed by atoms with Crippen LogP contribution in [-0.4, -0.2) is 105 Å². The number of aldehydes is 2. The van der Waals surface area contributed by atoms with E-state index in [-0.39, 0.29) is 12.0 Å². The zero-order valence-corrected chi connectivity index (χ0v) is 33.8. The molecule has 0 aromatic heterocycles. The number of hydrogen-bond acceptors (Lipinski definition) is 9. The molecule has 1 atom stereocenters. The van der Waals surface area contributed by atoms with Gasteiger partial charge in [-0.2, -0.15) is 5.26 Å². The predicted octanol–water partition coefficient (Wildman–Crippen LogP) is 6.42. The number of anilines is 1. The number of carbonyl (C=O) groups is 3. The molecule has 0 spiro atoms. The van der Waals surface area contributed by atoms with Crippen LogP contribution in [0.2, 0.25) is 5.02 Å². The highest BCUT2D eigenvalue weighted by Crippen LogP contribution is 2.29. The summed E-state index contributed by atoms with van der Waals surface area (Å²) in [4.78, 5) is 44.4. The number of benzene rings is 3. The first kappa shape index (κ1) is 41.5. The van der Waals surface area contributed by atoms with Gasteiger partial charge in [-0.05, 0) is 112 Å². The lowest BCUT2D eigenvalue weighted by Gasteiger charge is -2.41. The van der Waals surface area contributed by atoms with Crippen molar-refractivity contribution in [2.45, 2.75) is 57.2 Å². The monoisotopic (exact) mass is 788 g/mol. The van der Waals surface area contributed by atoms with Crippen LogP contribution in [0.25, 0.3) is 0 Å². The van der Waals surface area contributed by atoms with Gasteiger partial charge in [0.05, 0.1) is 16.6 Å². The highest BCUT2D eigenvalue weighted by molar-refractivity contribution is 6.31. The van der Waals surface area contributed by atoms with Crippen LogP contribution in [0.15, 0.2) is 72.9 Å². The minimum absolute atomic E-state index is 0.0852. The molecule has 1 N–H and O–H groups in total. The van der Waals surface area contributed by atoms with Crippen molar-refractivity contribution >= 4 is 35.8 Å². The first-order chi connectivity index (χ1) is 27.7. The van der Waals surface area contributed by atoms with Crippen molar-refractivity contribution in [3.8, 4) is 23.7 Å². The molecule has 298 valence electrons. The normalized spacial score (nSPS) is 18.2. The Morgan fingerprint density at radius 1 is 1.02 bits per heavy atom. The minimum atomic E-state index is -0.456. The van der Waals surface area contributed by atoms with Gasteiger partial charge in [-0.3, -0.25) is 9.59 Å². The largest absolute Gasteiger partial charge is 0.490 e. The van der Waals surface area contributed by atoms with Gasteiger partial charge in [0.1, 0.15) is 30.5 Å². The Morgan fingerprint density at radius 3 is 2.40 bits per heavy atom. The van der Waals surface area contributed by atoms with Crippen molar-refractivity contribution in [2.24, 2.45) is 11.8 Å². The summed E-state index contributed by atoms with van der Waals surface area (Å²) in [5.41, 5.74) is 5.80. The van der Waals surface area contributed by atoms with E-state index < -0.39 is 6.04 Å². The fourth-order valence-corrected chi connectivity index (χ4v) is 8.10. The number of rotatable bonds is 12. The van der Waals surface area contributed by atoms with Gasteiger partial charge in [-0.1, -0.05) is 30.0 Å². The molecule has 3 fully saturated rings. The number of fused-ring (bicyclic) bond motifs is 1. The van der Waals surface area contributed by atoms with Gasteiger partial charge in [0.2, 0.25) is 0 Å². The van der Waals surface area contributed by atoms with Crippen molar-refractivity contribution < 1.29 is 19.1 Å². The SMILES string of the molecule is C=C(CCC(C=O)N1Cc2cc(C#CC3CN(CC4CCN(c5ccc(C=O)cc5)CC4)C3)ccc2C1=O)NC.CN1CCC(Oc2ccc(C#N)c(Cl)c2)CC1. The molecule has 0 radical (unpaired) electrons. The number of piperidine rings is 2. The second kappa shape index (κ2) is 19.8. The number of allylic oxidation sites excluding steroid dienone is 1. The maximum Gasteiger partial charge on any atom is 0.255 e. The zero-order chi connectivity index (χ0) is 40.3. The summed E-state index contributed by atoms with van der Waals surface area (Å²) in [7, 11) is 3.93. The number of halogens is 1. The van der Waals surface area contributed by atoms with Crippen LogP contribution >= 0.6 is 11.6 Å². The van der Waals surface area contributed by atoms with Crippen LogP contribution in [0.1, 0.15) is 75.9 Å². The Labute approximate surface area is 342 Å². The fraction of sp³-hybridized carbons (Fsp3) is 0.435. The molecule has 11 heteroatoms. The summed E-state index contributed by atoms with van der Waals surface area (Å²) < 4.78 is 5.86. The molecule has 10 nitrogen and oxygen atoms in total. The molecule has 7 rings (SSSR count). The first-order valence-corrected chi connectivity index (χ1v) is 20.4. The van der Waals surface area contributed by atoms with E-state index >= 15 is 0 Å². The lowest BCUT2D eigenvalue weighted by molar-refractivity contribution is -0.112. The number of nitrogens with zero attached hydrogens (tertiary/aromatic N) is 5. The quantitative estimate of drug-likeness (QED) is 0.164. The lowest BCUT2D eigenvalue weighted by Crippen LogP contribution is -2.49. The molecule has 4 aliphatic heterocycles. The van der Waals surface area contributed by atoms with Crippen molar-refractivity contribution in [2.75, 3.05) is 64.8 Å². The molecule has 3 saturated heterocycles. The molecule has 1 unspecified atom stereocenters. The number of carbonyl (C=O) groups excluding carboxylic acids is 3. The summed E-state index contributed by atoms with van der Waals surface area (Å²) >= 11 is 5.96. The van der Waals surface area contributed by atoms with E-state index in [0.29, 0.717) is 47.4 Å². The molecular weight excluding hydrogens is 736 g/mol. The number of amides is 1. The summed E-state index contributed by atoms with van der Waals surface area (Å²) in [5, 5.41) is 12.2. The Kier molecular flexibility index (Phi) is 14.4. The summed E-state index contributed by atoms with van der Waals surface area (Å²) in [6, 6.07) is 20.5. The summed E-state index contributed by atoms with van der Waals surface area (Å²) in [6.45, 7) is 11.7. The molecule has 0 aliphatic carbocycles. The van der Waals surface area contributed by atoms with Gasteiger partial charge in [0.15, 0.2) is 0 Å². The van der Waals surface area contributed by atoms with Gasteiger partial charge >= 0.3 is 0 Å². The highest BCUT2D eigenvalue weighted by Gasteiger charge is 2.33. The van der Waals surface area contributed by atoms with E-state index in [2.05, 4.69) is 45.5 Å². The molecular formula is C46H53ClN6O4. The summed E-state index contributed by atoms with van der Waals surface area (Å²) in [5.74, 6) is 8.52. The van der Waals surface area contributed by atoms with Gasteiger partial charge in [-0.25, -0.2) is 0 Å². The molecule has 3 aromatic rings. The van der Waals surface area contributed by atoms with Crippen molar-refractivity contribution in [1.82, 2.24) is 20.0 Å². The molecule has 3 aromatic carbocycles. The van der Waals surface area contributed by atoms with Gasteiger partial charge in [-0.15, -0.1) is 0 Å². The number of nitriles is 1. The van der Waals surface area contributed by atoms with E-state index in [1.165, 1.54) is 18.5 Å². The maximum absolute atomic E-state index is 12.9. The van der Waals surface area contributed by atoms with Gasteiger partial charge in [0, 0.05) is 99.5 Å². The van der Waals surface area contributed by atoms with E-state index in [9.17, 15) is 14.4 Å². The number of ether oxygens (including phenoxy) is 1. The van der Waals surface area contributed by atoms with Crippen molar-refractivity contribution in [3.05, 3.63) is 106 Å². The van der Waals surface area contributed by atoms with Gasteiger partial charge in [0.25, 0.3) is 5.91 Å². The second-order valence-corrected chi connectivity index (χ2v) is 16.0. The van der Waals surface area contributed by atoms with Gasteiger partial charge < -0.3 is 34.4 Å². The van der Waals surface area contributed by atoms with E-state index in [1.807, 2.05) is 61.6 Å². The number of likely N-dealkylation sites (tertiary alicyclic amines) is 2. The average molecular weight is 789 g/mol. The Bertz CT molecular complexity index is 2000. The Balaban J connectivity index is 0.000000269. The van der Waals surface area contributed by atoms with E-state index in [0.717, 1.165) is 99.4 Å². The van der Waals surface area contributed by atoms with Crippen LogP contribution in [0.3, 0.4) is 0 Å². The number of nitrogens with one attached hydrogen (secondary N) is 1. The highest BCUT2D eigenvalue weighted by atomic mass is 35.5. The van der Waals surface area contributed by atoms with E-state index in [4.69, 9.17) is 21.6 Å². The third-order valence-electron chi connectivity index (χ3n) is 11.5. The zero-order valence-electron chi connectivity index (χ0n) is 33.1. The molecule has 57 heavy (non-hydrogen) atoms. The molecule has 0 saturated carbocycles. The van der Waals surface area contributed by atoms with Crippen LogP contribution in [0.4, 0.5) is 5.69 Å². The fourth-order valence-electron chi connectivity index (χ4n) is 7.89. The molecule has 1 amide bonds. The van der Waals surface area contributed by atoms with Crippen LogP contribution in [0, 0.1) is 35.0 Å². The number of hydrogen-bond donors (Lipinski definition) is 1. The third kappa shape index (κ3) is 11.0. The molecule has 4 heterocycles. The minimum Gasteiger partial charge on any atom is -0.490 e. The third-order valence-corrected chi connectivity index (χ3v) is 11.8. The molecule has 0 bridgehead atoms. The van der Waals surface area contributed by atoms with Crippen molar-refractivity contribution in [1.29, 1.82) is 5.26 Å². The van der Waals surface area contributed by atoms with Crippen LogP contribution in [0.5, 0.6) is 5.75 Å². The molecule has 4 aliphatic rings.